The van der Waals surface area contributed by atoms with Crippen molar-refractivity contribution in [1.29, 1.82) is 0 Å². The van der Waals surface area contributed by atoms with Crippen molar-refractivity contribution in [3.63, 3.8) is 0 Å². The Morgan fingerprint density at radius 1 is 1.73 bits per heavy atom. The van der Waals surface area contributed by atoms with Gasteiger partial charge < -0.3 is 9.84 Å². The van der Waals surface area contributed by atoms with Crippen LogP contribution in [0.4, 0.5) is 0 Å². The topological polar surface area (TPSA) is 46.5 Å². The quantitative estimate of drug-likeness (QED) is 0.617. The van der Waals surface area contributed by atoms with Gasteiger partial charge in [0.2, 0.25) is 0 Å². The van der Waals surface area contributed by atoms with E-state index in [1.165, 1.54) is 11.3 Å². The van der Waals surface area contributed by atoms with Crippen LogP contribution in [-0.2, 0) is 6.42 Å². The van der Waals surface area contributed by atoms with Crippen molar-refractivity contribution in [2.75, 3.05) is 6.61 Å². The van der Waals surface area contributed by atoms with Crippen LogP contribution in [0.5, 0.6) is 5.75 Å². The average Bonchev–Trinajstić information content (AvgIpc) is 2.62. The van der Waals surface area contributed by atoms with Crippen LogP contribution in [0, 0.1) is 12.3 Å². The van der Waals surface area contributed by atoms with E-state index in [4.69, 9.17) is 16.3 Å². The van der Waals surface area contributed by atoms with E-state index in [-0.39, 0.29) is 4.88 Å². The van der Waals surface area contributed by atoms with Gasteiger partial charge in [-0.1, -0.05) is 6.92 Å². The van der Waals surface area contributed by atoms with E-state index < -0.39 is 5.97 Å². The smallest absolute Gasteiger partial charge is 0.349 e. The summed E-state index contributed by atoms with van der Waals surface area (Å²) in [4.78, 5) is 12.1. The standard InChI is InChI=1S/C11H12O3S/c1-3-5-6-14-9-7-8(4-2)15-10(9)11(12)13/h1,7H,4-6H2,2H3,(H,12,13). The molecule has 0 saturated heterocycles. The number of hydrogen-bond donors (Lipinski definition) is 1. The van der Waals surface area contributed by atoms with Gasteiger partial charge in [0.25, 0.3) is 0 Å². The van der Waals surface area contributed by atoms with Gasteiger partial charge in [-0.15, -0.1) is 23.7 Å². The molecular weight excluding hydrogens is 212 g/mol. The Bertz CT molecular complexity index is 387. The van der Waals surface area contributed by atoms with Gasteiger partial charge in [-0.05, 0) is 12.5 Å². The summed E-state index contributed by atoms with van der Waals surface area (Å²) in [6, 6.07) is 1.77. The number of carboxylic acids is 1. The SMILES string of the molecule is C#CCCOc1cc(CC)sc1C(=O)O. The number of ether oxygens (including phenoxy) is 1. The molecule has 4 heteroatoms. The van der Waals surface area contributed by atoms with E-state index in [2.05, 4.69) is 5.92 Å². The minimum atomic E-state index is -0.949. The summed E-state index contributed by atoms with van der Waals surface area (Å²) in [5.74, 6) is 1.92. The van der Waals surface area contributed by atoms with Gasteiger partial charge in [0, 0.05) is 11.3 Å². The zero-order chi connectivity index (χ0) is 11.3. The van der Waals surface area contributed by atoms with Gasteiger partial charge in [-0.3, -0.25) is 0 Å². The summed E-state index contributed by atoms with van der Waals surface area (Å²) in [7, 11) is 0. The predicted octanol–water partition coefficient (Wildman–Crippen LogP) is 2.41. The second-order valence-electron chi connectivity index (χ2n) is 2.87. The zero-order valence-electron chi connectivity index (χ0n) is 8.45. The number of terminal acetylenes is 1. The second kappa shape index (κ2) is 5.42. The molecule has 0 radical (unpaired) electrons. The van der Waals surface area contributed by atoms with E-state index in [9.17, 15) is 4.79 Å². The van der Waals surface area contributed by atoms with Gasteiger partial charge in [0.05, 0.1) is 6.61 Å². The van der Waals surface area contributed by atoms with Gasteiger partial charge in [-0.2, -0.15) is 0 Å². The molecule has 0 aromatic carbocycles. The lowest BCUT2D eigenvalue weighted by atomic mass is 10.3. The number of carbonyl (C=O) groups is 1. The molecule has 0 aliphatic carbocycles. The van der Waals surface area contributed by atoms with Crippen molar-refractivity contribution in [2.24, 2.45) is 0 Å². The van der Waals surface area contributed by atoms with E-state index >= 15 is 0 Å². The molecule has 0 fully saturated rings. The Kier molecular flexibility index (Phi) is 4.19. The Morgan fingerprint density at radius 2 is 2.47 bits per heavy atom. The minimum Gasteiger partial charge on any atom is -0.491 e. The molecule has 0 atom stereocenters. The first-order chi connectivity index (χ1) is 7.19. The van der Waals surface area contributed by atoms with E-state index in [1.54, 1.807) is 6.07 Å². The highest BCUT2D eigenvalue weighted by atomic mass is 32.1. The third-order valence-corrected chi connectivity index (χ3v) is 3.04. The summed E-state index contributed by atoms with van der Waals surface area (Å²) >= 11 is 1.25. The fourth-order valence-corrected chi connectivity index (χ4v) is 1.95. The predicted molar refractivity (Wildman–Crippen MR) is 59.6 cm³/mol. The zero-order valence-corrected chi connectivity index (χ0v) is 9.26. The summed E-state index contributed by atoms with van der Waals surface area (Å²) in [6.07, 6.45) is 6.37. The molecule has 1 aromatic heterocycles. The van der Waals surface area contributed by atoms with Gasteiger partial charge in [-0.25, -0.2) is 4.79 Å². The molecule has 15 heavy (non-hydrogen) atoms. The summed E-state index contributed by atoms with van der Waals surface area (Å²) < 4.78 is 5.31. The van der Waals surface area contributed by atoms with Gasteiger partial charge >= 0.3 is 5.97 Å². The van der Waals surface area contributed by atoms with Crippen molar-refractivity contribution >= 4 is 17.3 Å². The van der Waals surface area contributed by atoms with Crippen molar-refractivity contribution in [2.45, 2.75) is 19.8 Å². The largest absolute Gasteiger partial charge is 0.491 e. The van der Waals surface area contributed by atoms with Crippen LogP contribution < -0.4 is 4.74 Å². The fraction of sp³-hybridized carbons (Fsp3) is 0.364. The Balaban J connectivity index is 2.80. The first-order valence-electron chi connectivity index (χ1n) is 4.61. The summed E-state index contributed by atoms with van der Waals surface area (Å²) in [6.45, 7) is 2.33. The number of hydrogen-bond acceptors (Lipinski definition) is 3. The third kappa shape index (κ3) is 3.00. The van der Waals surface area contributed by atoms with Crippen LogP contribution in [-0.4, -0.2) is 17.7 Å². The highest BCUT2D eigenvalue weighted by Gasteiger charge is 2.15. The molecule has 1 rings (SSSR count). The molecule has 0 aliphatic heterocycles. The van der Waals surface area contributed by atoms with E-state index in [0.29, 0.717) is 18.8 Å². The summed E-state index contributed by atoms with van der Waals surface area (Å²) in [5.41, 5.74) is 0. The number of aromatic carboxylic acids is 1. The lowest BCUT2D eigenvalue weighted by molar-refractivity contribution is 0.0698. The fourth-order valence-electron chi connectivity index (χ4n) is 1.07. The molecule has 1 N–H and O–H groups in total. The van der Waals surface area contributed by atoms with Gasteiger partial charge in [0.15, 0.2) is 4.88 Å². The molecule has 0 bridgehead atoms. The average molecular weight is 224 g/mol. The maximum atomic E-state index is 10.9. The molecule has 0 unspecified atom stereocenters. The first kappa shape index (κ1) is 11.6. The summed E-state index contributed by atoms with van der Waals surface area (Å²) in [5, 5.41) is 8.92. The molecule has 3 nitrogen and oxygen atoms in total. The molecule has 1 heterocycles. The van der Waals surface area contributed by atoms with Crippen molar-refractivity contribution in [1.82, 2.24) is 0 Å². The Labute approximate surface area is 92.7 Å². The number of rotatable bonds is 5. The lowest BCUT2D eigenvalue weighted by Gasteiger charge is -2.01. The molecule has 0 aliphatic rings. The van der Waals surface area contributed by atoms with Crippen LogP contribution in [0.3, 0.4) is 0 Å². The van der Waals surface area contributed by atoms with E-state index in [1.807, 2.05) is 6.92 Å². The van der Waals surface area contributed by atoms with Crippen LogP contribution in [0.2, 0.25) is 0 Å². The van der Waals surface area contributed by atoms with Gasteiger partial charge in [0.1, 0.15) is 5.75 Å². The number of thiophene rings is 1. The normalized spacial score (nSPS) is 9.60. The molecule has 1 aromatic rings. The second-order valence-corrected chi connectivity index (χ2v) is 4.00. The Hall–Kier alpha value is -1.47. The highest BCUT2D eigenvalue weighted by Crippen LogP contribution is 2.29. The van der Waals surface area contributed by atoms with Crippen LogP contribution in [0.1, 0.15) is 27.9 Å². The lowest BCUT2D eigenvalue weighted by Crippen LogP contribution is -2.00. The number of aryl methyl sites for hydroxylation is 1. The molecule has 0 spiro atoms. The molecule has 0 saturated carbocycles. The number of carboxylic acid groups (broad SMARTS) is 1. The Morgan fingerprint density at radius 3 is 3.00 bits per heavy atom. The monoisotopic (exact) mass is 224 g/mol. The van der Waals surface area contributed by atoms with E-state index in [0.717, 1.165) is 11.3 Å². The molecular formula is C11H12O3S. The van der Waals surface area contributed by atoms with Crippen molar-refractivity contribution in [3.05, 3.63) is 15.8 Å². The maximum absolute atomic E-state index is 10.9. The van der Waals surface area contributed by atoms with Crippen LogP contribution in [0.25, 0.3) is 0 Å². The van der Waals surface area contributed by atoms with Crippen molar-refractivity contribution in [3.8, 4) is 18.1 Å². The third-order valence-electron chi connectivity index (χ3n) is 1.80. The van der Waals surface area contributed by atoms with Crippen LogP contribution in [0.15, 0.2) is 6.07 Å². The maximum Gasteiger partial charge on any atom is 0.349 e. The molecule has 0 amide bonds. The highest BCUT2D eigenvalue weighted by molar-refractivity contribution is 7.14. The van der Waals surface area contributed by atoms with Crippen LogP contribution >= 0.6 is 11.3 Å². The van der Waals surface area contributed by atoms with Crippen molar-refractivity contribution < 1.29 is 14.6 Å². The molecule has 80 valence electrons. The first-order valence-corrected chi connectivity index (χ1v) is 5.43. The minimum absolute atomic E-state index is 0.254.